The third kappa shape index (κ3) is 3.16. The normalized spacial score (nSPS) is 15.0. The van der Waals surface area contributed by atoms with E-state index in [1.807, 2.05) is 5.38 Å². The molecule has 2 amide bonds. The first kappa shape index (κ1) is 14.7. The van der Waals surface area contributed by atoms with Crippen LogP contribution in [-0.2, 0) is 0 Å². The van der Waals surface area contributed by atoms with Crippen molar-refractivity contribution in [1.82, 2.24) is 9.88 Å². The summed E-state index contributed by atoms with van der Waals surface area (Å²) in [5, 5.41) is 5.44. The molecule has 0 saturated carbocycles. The van der Waals surface area contributed by atoms with Gasteiger partial charge in [-0.05, 0) is 12.1 Å². The number of carbonyl (C=O) groups excluding carboxylic acids is 1. The van der Waals surface area contributed by atoms with Gasteiger partial charge in [0, 0.05) is 49.5 Å². The number of piperazine rings is 1. The molecule has 8 heteroatoms. The van der Waals surface area contributed by atoms with Crippen molar-refractivity contribution in [3.63, 3.8) is 0 Å². The summed E-state index contributed by atoms with van der Waals surface area (Å²) in [6, 6.07) is 2.98. The van der Waals surface area contributed by atoms with Crippen molar-refractivity contribution in [3.8, 4) is 0 Å². The number of amides is 2. The molecule has 1 fully saturated rings. The molecule has 1 N–H and O–H groups in total. The zero-order valence-corrected chi connectivity index (χ0v) is 12.4. The lowest BCUT2D eigenvalue weighted by Crippen LogP contribution is -2.50. The Hall–Kier alpha value is -2.22. The van der Waals surface area contributed by atoms with Crippen molar-refractivity contribution in [1.29, 1.82) is 0 Å². The van der Waals surface area contributed by atoms with E-state index in [2.05, 4.69) is 15.2 Å². The van der Waals surface area contributed by atoms with Gasteiger partial charge < -0.3 is 15.1 Å². The number of urea groups is 1. The zero-order chi connectivity index (χ0) is 15.5. The Labute approximate surface area is 130 Å². The highest BCUT2D eigenvalue weighted by Crippen LogP contribution is 2.19. The van der Waals surface area contributed by atoms with E-state index >= 15 is 0 Å². The van der Waals surface area contributed by atoms with E-state index in [1.54, 1.807) is 22.4 Å². The van der Waals surface area contributed by atoms with Crippen molar-refractivity contribution in [2.75, 3.05) is 36.4 Å². The number of hydrogen-bond acceptors (Lipinski definition) is 4. The molecule has 0 atom stereocenters. The topological polar surface area (TPSA) is 48.5 Å². The third-order valence-electron chi connectivity index (χ3n) is 3.43. The van der Waals surface area contributed by atoms with Crippen LogP contribution in [0.1, 0.15) is 0 Å². The van der Waals surface area contributed by atoms with Gasteiger partial charge in [-0.25, -0.2) is 18.6 Å². The van der Waals surface area contributed by atoms with Gasteiger partial charge in [0.2, 0.25) is 0 Å². The number of thiazole rings is 1. The van der Waals surface area contributed by atoms with E-state index in [0.717, 1.165) is 17.3 Å². The largest absolute Gasteiger partial charge is 0.345 e. The number of carbonyl (C=O) groups is 1. The minimum absolute atomic E-state index is 0.242. The highest BCUT2D eigenvalue weighted by molar-refractivity contribution is 7.13. The van der Waals surface area contributed by atoms with E-state index in [-0.39, 0.29) is 11.7 Å². The molecule has 116 valence electrons. The number of nitrogens with one attached hydrogen (secondary N) is 1. The van der Waals surface area contributed by atoms with Gasteiger partial charge in [-0.15, -0.1) is 11.3 Å². The number of halogens is 2. The van der Waals surface area contributed by atoms with Crippen LogP contribution >= 0.6 is 11.3 Å². The van der Waals surface area contributed by atoms with Crippen LogP contribution in [-0.4, -0.2) is 42.1 Å². The quantitative estimate of drug-likeness (QED) is 0.924. The lowest BCUT2D eigenvalue weighted by Gasteiger charge is -2.34. The average molecular weight is 324 g/mol. The molecule has 1 aromatic heterocycles. The van der Waals surface area contributed by atoms with Crippen LogP contribution in [0.25, 0.3) is 0 Å². The molecule has 5 nitrogen and oxygen atoms in total. The van der Waals surface area contributed by atoms with Crippen molar-refractivity contribution >= 4 is 28.2 Å². The Morgan fingerprint density at radius 1 is 1.18 bits per heavy atom. The van der Waals surface area contributed by atoms with Crippen molar-refractivity contribution < 1.29 is 13.6 Å². The number of anilines is 2. The van der Waals surface area contributed by atoms with E-state index < -0.39 is 11.6 Å². The van der Waals surface area contributed by atoms with Crippen LogP contribution in [0, 0.1) is 11.6 Å². The first-order valence-electron chi connectivity index (χ1n) is 6.79. The maximum absolute atomic E-state index is 13.1. The standard InChI is InChI=1S/C14H14F2N4OS/c15-11-2-1-10(9-12(11)16)18-13(21)19-4-6-20(7-5-19)14-17-3-8-22-14/h1-3,8-9H,4-7H2,(H,18,21). The number of benzene rings is 1. The predicted molar refractivity (Wildman–Crippen MR) is 81.3 cm³/mol. The summed E-state index contributed by atoms with van der Waals surface area (Å²) in [6.07, 6.45) is 1.75. The molecule has 0 radical (unpaired) electrons. The maximum atomic E-state index is 13.1. The van der Waals surface area contributed by atoms with E-state index in [0.29, 0.717) is 26.2 Å². The molecule has 2 aromatic rings. The minimum Gasteiger partial charge on any atom is -0.345 e. The van der Waals surface area contributed by atoms with Crippen LogP contribution in [0.15, 0.2) is 29.8 Å². The van der Waals surface area contributed by atoms with Gasteiger partial charge in [0.25, 0.3) is 0 Å². The highest BCUT2D eigenvalue weighted by Gasteiger charge is 2.22. The fourth-order valence-corrected chi connectivity index (χ4v) is 2.95. The second kappa shape index (κ2) is 6.27. The van der Waals surface area contributed by atoms with Gasteiger partial charge in [-0.3, -0.25) is 0 Å². The Kier molecular flexibility index (Phi) is 4.19. The summed E-state index contributed by atoms with van der Waals surface area (Å²) < 4.78 is 26.0. The highest BCUT2D eigenvalue weighted by atomic mass is 32.1. The molecular weight excluding hydrogens is 310 g/mol. The van der Waals surface area contributed by atoms with Crippen LogP contribution in [0.3, 0.4) is 0 Å². The van der Waals surface area contributed by atoms with Gasteiger partial charge in [0.1, 0.15) is 0 Å². The van der Waals surface area contributed by atoms with Crippen molar-refractivity contribution in [2.45, 2.75) is 0 Å². The maximum Gasteiger partial charge on any atom is 0.321 e. The molecular formula is C14H14F2N4OS. The Bertz CT molecular complexity index is 657. The van der Waals surface area contributed by atoms with E-state index in [1.165, 1.54) is 6.07 Å². The lowest BCUT2D eigenvalue weighted by molar-refractivity contribution is 0.208. The molecule has 2 heterocycles. The summed E-state index contributed by atoms with van der Waals surface area (Å²) >= 11 is 1.56. The fraction of sp³-hybridized carbons (Fsp3) is 0.286. The molecule has 0 aliphatic carbocycles. The second-order valence-corrected chi connectivity index (χ2v) is 5.72. The molecule has 1 aromatic carbocycles. The predicted octanol–water partition coefficient (Wildman–Crippen LogP) is 2.78. The summed E-state index contributed by atoms with van der Waals surface area (Å²) in [5.74, 6) is -1.92. The van der Waals surface area contributed by atoms with Gasteiger partial charge in [0.15, 0.2) is 16.8 Å². The van der Waals surface area contributed by atoms with Crippen LogP contribution in [0.2, 0.25) is 0 Å². The fourth-order valence-electron chi connectivity index (χ4n) is 2.25. The van der Waals surface area contributed by atoms with Crippen LogP contribution in [0.4, 0.5) is 24.4 Å². The van der Waals surface area contributed by atoms with Gasteiger partial charge in [-0.1, -0.05) is 0 Å². The molecule has 1 aliphatic heterocycles. The van der Waals surface area contributed by atoms with Crippen LogP contribution < -0.4 is 10.2 Å². The number of nitrogens with zero attached hydrogens (tertiary/aromatic N) is 3. The smallest absolute Gasteiger partial charge is 0.321 e. The number of aromatic nitrogens is 1. The Morgan fingerprint density at radius 3 is 2.59 bits per heavy atom. The Balaban J connectivity index is 1.56. The SMILES string of the molecule is O=C(Nc1ccc(F)c(F)c1)N1CCN(c2nccs2)CC1. The molecule has 1 saturated heterocycles. The Morgan fingerprint density at radius 2 is 1.95 bits per heavy atom. The van der Waals surface area contributed by atoms with Gasteiger partial charge >= 0.3 is 6.03 Å². The molecule has 0 spiro atoms. The second-order valence-electron chi connectivity index (χ2n) is 4.85. The molecule has 0 bridgehead atoms. The van der Waals surface area contributed by atoms with Crippen molar-refractivity contribution in [2.24, 2.45) is 0 Å². The molecule has 22 heavy (non-hydrogen) atoms. The van der Waals surface area contributed by atoms with Crippen LogP contribution in [0.5, 0.6) is 0 Å². The summed E-state index contributed by atoms with van der Waals surface area (Å²) in [7, 11) is 0. The first-order valence-corrected chi connectivity index (χ1v) is 7.67. The lowest BCUT2D eigenvalue weighted by atomic mass is 10.3. The third-order valence-corrected chi connectivity index (χ3v) is 4.26. The van der Waals surface area contributed by atoms with E-state index in [9.17, 15) is 13.6 Å². The van der Waals surface area contributed by atoms with Gasteiger partial charge in [-0.2, -0.15) is 0 Å². The number of rotatable bonds is 2. The first-order chi connectivity index (χ1) is 10.6. The minimum atomic E-state index is -0.980. The number of hydrogen-bond donors (Lipinski definition) is 1. The van der Waals surface area contributed by atoms with Gasteiger partial charge in [0.05, 0.1) is 0 Å². The summed E-state index contributed by atoms with van der Waals surface area (Å²) in [4.78, 5) is 20.1. The molecule has 1 aliphatic rings. The zero-order valence-electron chi connectivity index (χ0n) is 11.6. The van der Waals surface area contributed by atoms with E-state index in [4.69, 9.17) is 0 Å². The summed E-state index contributed by atoms with van der Waals surface area (Å²) in [6.45, 7) is 2.49. The molecule has 3 rings (SSSR count). The average Bonchev–Trinajstić information content (AvgIpc) is 3.05. The van der Waals surface area contributed by atoms with Crippen molar-refractivity contribution in [3.05, 3.63) is 41.4 Å². The monoisotopic (exact) mass is 324 g/mol. The summed E-state index contributed by atoms with van der Waals surface area (Å²) in [5.41, 5.74) is 0.242. The molecule has 0 unspecified atom stereocenters.